The van der Waals surface area contributed by atoms with E-state index in [2.05, 4.69) is 0 Å². The zero-order chi connectivity index (χ0) is 28.3. The molecule has 204 valence electrons. The van der Waals surface area contributed by atoms with Crippen LogP contribution in [0.15, 0.2) is 59.5 Å². The van der Waals surface area contributed by atoms with Crippen LogP contribution in [-0.2, 0) is 22.6 Å². The first-order valence-electron chi connectivity index (χ1n) is 12.5. The first kappa shape index (κ1) is 29.8. The molecule has 0 aliphatic rings. The lowest BCUT2D eigenvalue weighted by molar-refractivity contribution is 0.103. The Bertz CT molecular complexity index is 1480. The van der Waals surface area contributed by atoms with Crippen LogP contribution in [0.5, 0.6) is 0 Å². The summed E-state index contributed by atoms with van der Waals surface area (Å²) in [7, 11) is -1.69. The van der Waals surface area contributed by atoms with Gasteiger partial charge >= 0.3 is 0 Å². The third kappa shape index (κ3) is 7.01. The van der Waals surface area contributed by atoms with Crippen molar-refractivity contribution in [1.29, 1.82) is 0 Å². The van der Waals surface area contributed by atoms with Gasteiger partial charge in [-0.3, -0.25) is 14.7 Å². The average molecular weight is 559 g/mol. The molecule has 0 saturated heterocycles. The third-order valence-corrected chi connectivity index (χ3v) is 9.26. The van der Waals surface area contributed by atoms with Crippen molar-refractivity contribution in [2.24, 2.45) is 12.2 Å². The Morgan fingerprint density at radius 3 is 2.32 bits per heavy atom. The fourth-order valence-electron chi connectivity index (χ4n) is 4.54. The second-order valence-electron chi connectivity index (χ2n) is 10.2. The molecular formula is C29H35FN2O4S2. The molecule has 0 fully saturated rings. The number of aromatic nitrogens is 1. The molecule has 0 amide bonds. The molecule has 6 nitrogen and oxygen atoms in total. The highest BCUT2D eigenvalue weighted by molar-refractivity contribution is 7.98. The molecule has 0 aliphatic carbocycles. The molecule has 1 heterocycles. The number of benzene rings is 2. The van der Waals surface area contributed by atoms with Crippen LogP contribution < -0.4 is 10.7 Å². The van der Waals surface area contributed by atoms with Gasteiger partial charge in [-0.25, -0.2) is 12.8 Å². The van der Waals surface area contributed by atoms with E-state index in [1.54, 1.807) is 44.4 Å². The summed E-state index contributed by atoms with van der Waals surface area (Å²) in [4.78, 5) is 26.4. The Labute approximate surface area is 228 Å². The number of rotatable bonds is 11. The second kappa shape index (κ2) is 12.0. The zero-order valence-electron chi connectivity index (χ0n) is 22.5. The summed E-state index contributed by atoms with van der Waals surface area (Å²) in [6.45, 7) is 7.72. The lowest BCUT2D eigenvalue weighted by atomic mass is 9.82. The monoisotopic (exact) mass is 558 g/mol. The lowest BCUT2D eigenvalue weighted by Gasteiger charge is -2.29. The molecule has 0 unspecified atom stereocenters. The highest BCUT2D eigenvalue weighted by Crippen LogP contribution is 2.40. The largest absolute Gasteiger partial charge is 0.318 e. The number of carbonyl (C=O) groups is 1. The van der Waals surface area contributed by atoms with E-state index in [0.717, 1.165) is 12.0 Å². The third-order valence-electron chi connectivity index (χ3n) is 6.80. The maximum Gasteiger partial charge on any atom is 0.250 e. The summed E-state index contributed by atoms with van der Waals surface area (Å²) < 4.78 is 39.6. The number of pyridine rings is 1. The van der Waals surface area contributed by atoms with Gasteiger partial charge in [0.05, 0.1) is 5.75 Å². The van der Waals surface area contributed by atoms with Crippen molar-refractivity contribution in [2.75, 3.05) is 5.75 Å². The van der Waals surface area contributed by atoms with Crippen LogP contribution in [0.1, 0.15) is 73.5 Å². The Morgan fingerprint density at radius 1 is 1.08 bits per heavy atom. The molecule has 0 radical (unpaired) electrons. The van der Waals surface area contributed by atoms with Gasteiger partial charge in [0.1, 0.15) is 5.82 Å². The molecule has 0 bridgehead atoms. The van der Waals surface area contributed by atoms with Crippen molar-refractivity contribution in [1.82, 2.24) is 4.57 Å². The highest BCUT2D eigenvalue weighted by atomic mass is 32.2. The number of halogens is 1. The van der Waals surface area contributed by atoms with Gasteiger partial charge in [0.2, 0.25) is 0 Å². The zero-order valence-corrected chi connectivity index (χ0v) is 24.1. The molecule has 1 aromatic heterocycles. The molecule has 3 aromatic rings. The predicted molar refractivity (Wildman–Crippen MR) is 154 cm³/mol. The first-order chi connectivity index (χ1) is 17.8. The van der Waals surface area contributed by atoms with Crippen molar-refractivity contribution >= 4 is 27.6 Å². The average Bonchev–Trinajstić information content (AvgIpc) is 2.88. The SMILES string of the molecule is CC[C@@H](CC(C)(C)SN)c1cc(=O)n(C)cc1-c1cc(CS(=O)(=O)CC)ccc1C(=O)c1ccc(F)cc1. The maximum atomic E-state index is 13.7. The van der Waals surface area contributed by atoms with Crippen LogP contribution in [0.2, 0.25) is 0 Å². The molecule has 3 rings (SSSR count). The normalized spacial score (nSPS) is 12.9. The van der Waals surface area contributed by atoms with E-state index in [9.17, 15) is 22.4 Å². The van der Waals surface area contributed by atoms with Crippen molar-refractivity contribution in [3.63, 3.8) is 0 Å². The van der Waals surface area contributed by atoms with Crippen molar-refractivity contribution in [3.8, 4) is 11.1 Å². The molecule has 2 N–H and O–H groups in total. The van der Waals surface area contributed by atoms with Crippen LogP contribution in [0.25, 0.3) is 11.1 Å². The molecule has 2 aromatic carbocycles. The number of sulfone groups is 1. The van der Waals surface area contributed by atoms with Gasteiger partial charge in [0.15, 0.2) is 15.6 Å². The van der Waals surface area contributed by atoms with Crippen molar-refractivity contribution in [3.05, 3.63) is 93.2 Å². The van der Waals surface area contributed by atoms with Crippen LogP contribution in [0, 0.1) is 5.82 Å². The number of aryl methyl sites for hydroxylation is 1. The Hall–Kier alpha value is -2.75. The van der Waals surface area contributed by atoms with E-state index in [4.69, 9.17) is 5.14 Å². The summed E-state index contributed by atoms with van der Waals surface area (Å²) in [6.07, 6.45) is 3.13. The molecule has 0 saturated carbocycles. The van der Waals surface area contributed by atoms with E-state index >= 15 is 0 Å². The lowest BCUT2D eigenvalue weighted by Crippen LogP contribution is -2.24. The van der Waals surface area contributed by atoms with E-state index in [0.29, 0.717) is 34.2 Å². The van der Waals surface area contributed by atoms with Gasteiger partial charge in [-0.05, 0) is 79.6 Å². The summed E-state index contributed by atoms with van der Waals surface area (Å²) >= 11 is 1.26. The number of carbonyl (C=O) groups excluding carboxylic acids is 1. The minimum atomic E-state index is -3.33. The molecule has 9 heteroatoms. The molecule has 1 atom stereocenters. The van der Waals surface area contributed by atoms with Crippen LogP contribution in [-0.4, -0.2) is 29.3 Å². The first-order valence-corrected chi connectivity index (χ1v) is 15.2. The van der Waals surface area contributed by atoms with Gasteiger partial charge in [0, 0.05) is 46.5 Å². The number of hydrogen-bond acceptors (Lipinski definition) is 6. The maximum absolute atomic E-state index is 13.7. The van der Waals surface area contributed by atoms with E-state index in [1.165, 1.54) is 40.8 Å². The van der Waals surface area contributed by atoms with Gasteiger partial charge in [-0.1, -0.05) is 37.9 Å². The Morgan fingerprint density at radius 2 is 1.74 bits per heavy atom. The molecular weight excluding hydrogens is 523 g/mol. The summed E-state index contributed by atoms with van der Waals surface area (Å²) in [5.74, 6) is -0.991. The minimum absolute atomic E-state index is 0.00652. The van der Waals surface area contributed by atoms with Gasteiger partial charge < -0.3 is 4.57 Å². The summed E-state index contributed by atoms with van der Waals surface area (Å²) in [5, 5.41) is 5.94. The summed E-state index contributed by atoms with van der Waals surface area (Å²) in [6, 6.07) is 11.9. The predicted octanol–water partition coefficient (Wildman–Crippen LogP) is 5.63. The molecule has 0 spiro atoms. The summed E-state index contributed by atoms with van der Waals surface area (Å²) in [5.41, 5.74) is 3.00. The number of nitrogens with two attached hydrogens (primary N) is 1. The smallest absolute Gasteiger partial charge is 0.250 e. The standard InChI is InChI=1S/C29H35FN2O4S2/c1-6-20(16-29(3,4)37-31)24-15-27(33)32(5)17-26(24)25-14-19(18-38(35,36)7-2)8-13-23(25)28(34)21-9-11-22(30)12-10-21/h8-15,17,20H,6-7,16,18,31H2,1-5H3/t20-/m0/s1. The van der Waals surface area contributed by atoms with Crippen LogP contribution in [0.3, 0.4) is 0 Å². The van der Waals surface area contributed by atoms with Crippen LogP contribution in [0.4, 0.5) is 4.39 Å². The fourth-order valence-corrected chi connectivity index (χ4v) is 5.73. The fraction of sp³-hybridized carbons (Fsp3) is 0.379. The Kier molecular flexibility index (Phi) is 9.39. The van der Waals surface area contributed by atoms with Gasteiger partial charge in [-0.15, -0.1) is 0 Å². The quantitative estimate of drug-likeness (QED) is 0.242. The van der Waals surface area contributed by atoms with E-state index in [-0.39, 0.29) is 33.5 Å². The minimum Gasteiger partial charge on any atom is -0.318 e. The highest BCUT2D eigenvalue weighted by Gasteiger charge is 2.27. The van der Waals surface area contributed by atoms with Crippen LogP contribution >= 0.6 is 11.9 Å². The van der Waals surface area contributed by atoms with Crippen molar-refractivity contribution in [2.45, 2.75) is 57.0 Å². The van der Waals surface area contributed by atoms with Gasteiger partial charge in [0.25, 0.3) is 5.56 Å². The van der Waals surface area contributed by atoms with Gasteiger partial charge in [-0.2, -0.15) is 0 Å². The molecule has 0 aliphatic heterocycles. The topological polar surface area (TPSA) is 99.2 Å². The second-order valence-corrected chi connectivity index (χ2v) is 13.9. The Balaban J connectivity index is 2.31. The number of hydrogen-bond donors (Lipinski definition) is 1. The van der Waals surface area contributed by atoms with Crippen molar-refractivity contribution < 1.29 is 17.6 Å². The number of ketones is 1. The van der Waals surface area contributed by atoms with E-state index < -0.39 is 15.7 Å². The van der Waals surface area contributed by atoms with E-state index in [1.807, 2.05) is 20.8 Å². The number of nitrogens with zero attached hydrogens (tertiary/aromatic N) is 1. The molecule has 38 heavy (non-hydrogen) atoms.